The van der Waals surface area contributed by atoms with Crippen molar-refractivity contribution in [1.29, 1.82) is 0 Å². The van der Waals surface area contributed by atoms with Crippen LogP contribution in [-0.4, -0.2) is 27.7 Å². The molecule has 1 aromatic heterocycles. The molecule has 118 valence electrons. The van der Waals surface area contributed by atoms with E-state index in [4.69, 9.17) is 4.52 Å². The van der Waals surface area contributed by atoms with Gasteiger partial charge in [-0.05, 0) is 24.1 Å². The monoisotopic (exact) mass is 303 g/mol. The van der Waals surface area contributed by atoms with Crippen LogP contribution in [0.2, 0.25) is 0 Å². The molecule has 2 rings (SSSR count). The summed E-state index contributed by atoms with van der Waals surface area (Å²) in [6, 6.07) is 6.87. The fourth-order valence-corrected chi connectivity index (χ4v) is 1.93. The second kappa shape index (κ2) is 7.59. The second-order valence-electron chi connectivity index (χ2n) is 5.47. The predicted molar refractivity (Wildman–Crippen MR) is 81.5 cm³/mol. The zero-order valence-corrected chi connectivity index (χ0v) is 12.9. The van der Waals surface area contributed by atoms with Crippen LogP contribution in [0.15, 0.2) is 28.8 Å². The molecular weight excluding hydrogens is 282 g/mol. The number of amides is 1. The van der Waals surface area contributed by atoms with Crippen molar-refractivity contribution in [1.82, 2.24) is 15.5 Å². The molecule has 0 aliphatic heterocycles. The fourth-order valence-electron chi connectivity index (χ4n) is 1.93. The van der Waals surface area contributed by atoms with Crippen LogP contribution in [0.5, 0.6) is 5.75 Å². The van der Waals surface area contributed by atoms with Crippen molar-refractivity contribution in [3.05, 3.63) is 41.5 Å². The molecule has 2 aromatic rings. The van der Waals surface area contributed by atoms with Gasteiger partial charge < -0.3 is 14.9 Å². The third-order valence-electron chi connectivity index (χ3n) is 3.23. The molecule has 0 spiro atoms. The molecule has 0 saturated carbocycles. The summed E-state index contributed by atoms with van der Waals surface area (Å²) in [5, 5.41) is 15.9. The first-order valence-electron chi connectivity index (χ1n) is 7.41. The van der Waals surface area contributed by atoms with Gasteiger partial charge in [0.25, 0.3) is 0 Å². The van der Waals surface area contributed by atoms with Crippen LogP contribution in [0.25, 0.3) is 0 Å². The Hall–Kier alpha value is -2.37. The number of nitrogens with zero attached hydrogens (tertiary/aromatic N) is 2. The second-order valence-corrected chi connectivity index (χ2v) is 5.47. The van der Waals surface area contributed by atoms with Crippen molar-refractivity contribution >= 4 is 5.91 Å². The number of rotatable bonds is 7. The van der Waals surface area contributed by atoms with E-state index in [9.17, 15) is 9.90 Å². The molecule has 0 saturated heterocycles. The number of hydrogen-bond acceptors (Lipinski definition) is 5. The normalized spacial score (nSPS) is 10.9. The summed E-state index contributed by atoms with van der Waals surface area (Å²) >= 11 is 0. The lowest BCUT2D eigenvalue weighted by atomic mass is 10.1. The smallest absolute Gasteiger partial charge is 0.229 e. The summed E-state index contributed by atoms with van der Waals surface area (Å²) in [4.78, 5) is 16.0. The highest BCUT2D eigenvalue weighted by Gasteiger charge is 2.10. The van der Waals surface area contributed by atoms with Gasteiger partial charge in [-0.15, -0.1) is 0 Å². The molecule has 0 aliphatic rings. The summed E-state index contributed by atoms with van der Waals surface area (Å²) < 4.78 is 5.10. The van der Waals surface area contributed by atoms with Crippen molar-refractivity contribution in [3.63, 3.8) is 0 Å². The Morgan fingerprint density at radius 3 is 2.64 bits per heavy atom. The van der Waals surface area contributed by atoms with Crippen LogP contribution < -0.4 is 5.32 Å². The number of carbonyl (C=O) groups is 1. The molecule has 0 aliphatic carbocycles. The molecule has 2 N–H and O–H groups in total. The van der Waals surface area contributed by atoms with Crippen molar-refractivity contribution < 1.29 is 14.4 Å². The lowest BCUT2D eigenvalue weighted by molar-refractivity contribution is -0.121. The van der Waals surface area contributed by atoms with Gasteiger partial charge in [-0.1, -0.05) is 31.1 Å². The van der Waals surface area contributed by atoms with Crippen LogP contribution in [0.4, 0.5) is 0 Å². The number of phenols is 1. The summed E-state index contributed by atoms with van der Waals surface area (Å²) in [6.07, 6.45) is 1.61. The van der Waals surface area contributed by atoms with Gasteiger partial charge in [0.15, 0.2) is 5.82 Å². The van der Waals surface area contributed by atoms with Crippen molar-refractivity contribution in [2.24, 2.45) is 0 Å². The van der Waals surface area contributed by atoms with Gasteiger partial charge in [0.2, 0.25) is 11.8 Å². The maximum Gasteiger partial charge on any atom is 0.229 e. The standard InChI is InChI=1S/C16H21N3O3/c1-11(2)16-18-14(19-22-16)9-10-17-15(21)8-5-12-3-6-13(20)7-4-12/h3-4,6-7,11,20H,5,8-10H2,1-2H3,(H,17,21). The number of carbonyl (C=O) groups excluding carboxylic acids is 1. The van der Waals surface area contributed by atoms with E-state index in [1.54, 1.807) is 12.1 Å². The minimum Gasteiger partial charge on any atom is -0.508 e. The summed E-state index contributed by atoms with van der Waals surface area (Å²) in [6.45, 7) is 4.47. The third kappa shape index (κ3) is 4.87. The first-order chi connectivity index (χ1) is 10.5. The van der Waals surface area contributed by atoms with Crippen LogP contribution in [0.3, 0.4) is 0 Å². The predicted octanol–water partition coefficient (Wildman–Crippen LogP) is 2.19. The highest BCUT2D eigenvalue weighted by Crippen LogP contribution is 2.11. The average Bonchev–Trinajstić information content (AvgIpc) is 2.96. The van der Waals surface area contributed by atoms with E-state index in [-0.39, 0.29) is 17.6 Å². The van der Waals surface area contributed by atoms with Gasteiger partial charge in [-0.2, -0.15) is 4.98 Å². The Balaban J connectivity index is 1.68. The highest BCUT2D eigenvalue weighted by molar-refractivity contribution is 5.76. The van der Waals surface area contributed by atoms with Gasteiger partial charge in [0, 0.05) is 25.3 Å². The summed E-state index contributed by atoms with van der Waals surface area (Å²) in [5.74, 6) is 1.66. The maximum absolute atomic E-state index is 11.8. The molecule has 1 amide bonds. The number of hydrogen-bond donors (Lipinski definition) is 2. The van der Waals surface area contributed by atoms with Crippen molar-refractivity contribution in [2.45, 2.75) is 39.0 Å². The molecule has 22 heavy (non-hydrogen) atoms. The van der Waals surface area contributed by atoms with E-state index in [0.717, 1.165) is 5.56 Å². The molecule has 0 unspecified atom stereocenters. The molecule has 0 atom stereocenters. The molecular formula is C16H21N3O3. The lowest BCUT2D eigenvalue weighted by Gasteiger charge is -2.04. The Kier molecular flexibility index (Phi) is 5.52. The molecule has 1 heterocycles. The van der Waals surface area contributed by atoms with E-state index in [0.29, 0.717) is 37.5 Å². The number of phenolic OH excluding ortho intramolecular Hbond substituents is 1. The van der Waals surface area contributed by atoms with Gasteiger partial charge in [-0.25, -0.2) is 0 Å². The molecule has 6 heteroatoms. The van der Waals surface area contributed by atoms with Gasteiger partial charge >= 0.3 is 0 Å². The first-order valence-corrected chi connectivity index (χ1v) is 7.41. The van der Waals surface area contributed by atoms with E-state index in [2.05, 4.69) is 15.5 Å². The largest absolute Gasteiger partial charge is 0.508 e. The number of benzene rings is 1. The minimum absolute atomic E-state index is 0.0133. The van der Waals surface area contributed by atoms with Gasteiger partial charge in [0.05, 0.1) is 0 Å². The Labute approximate surface area is 129 Å². The number of aryl methyl sites for hydroxylation is 1. The summed E-state index contributed by atoms with van der Waals surface area (Å²) in [5.41, 5.74) is 1.02. The van der Waals surface area contributed by atoms with E-state index >= 15 is 0 Å². The van der Waals surface area contributed by atoms with Crippen LogP contribution in [-0.2, 0) is 17.6 Å². The van der Waals surface area contributed by atoms with E-state index in [1.165, 1.54) is 0 Å². The maximum atomic E-state index is 11.8. The van der Waals surface area contributed by atoms with E-state index < -0.39 is 0 Å². The third-order valence-corrected chi connectivity index (χ3v) is 3.23. The molecule has 0 bridgehead atoms. The highest BCUT2D eigenvalue weighted by atomic mass is 16.5. The Bertz CT molecular complexity index is 605. The number of aromatic hydroxyl groups is 1. The minimum atomic E-state index is -0.0133. The van der Waals surface area contributed by atoms with Crippen LogP contribution in [0.1, 0.15) is 43.5 Å². The van der Waals surface area contributed by atoms with Crippen molar-refractivity contribution in [3.8, 4) is 5.75 Å². The van der Waals surface area contributed by atoms with Crippen molar-refractivity contribution in [2.75, 3.05) is 6.54 Å². The molecule has 6 nitrogen and oxygen atoms in total. The quantitative estimate of drug-likeness (QED) is 0.818. The molecule has 0 radical (unpaired) electrons. The average molecular weight is 303 g/mol. The Morgan fingerprint density at radius 2 is 2.00 bits per heavy atom. The molecule has 1 aromatic carbocycles. The van der Waals surface area contributed by atoms with Gasteiger partial charge in [0.1, 0.15) is 5.75 Å². The number of aromatic nitrogens is 2. The van der Waals surface area contributed by atoms with Gasteiger partial charge in [-0.3, -0.25) is 4.79 Å². The summed E-state index contributed by atoms with van der Waals surface area (Å²) in [7, 11) is 0. The van der Waals surface area contributed by atoms with Crippen LogP contribution >= 0.6 is 0 Å². The topological polar surface area (TPSA) is 88.2 Å². The number of nitrogens with one attached hydrogen (secondary N) is 1. The first kappa shape index (κ1) is 16.0. The van der Waals surface area contributed by atoms with E-state index in [1.807, 2.05) is 26.0 Å². The van der Waals surface area contributed by atoms with Crippen LogP contribution in [0, 0.1) is 0 Å². The zero-order chi connectivity index (χ0) is 15.9. The molecule has 0 fully saturated rings. The fraction of sp³-hybridized carbons (Fsp3) is 0.438. The Morgan fingerprint density at radius 1 is 1.27 bits per heavy atom. The lowest BCUT2D eigenvalue weighted by Crippen LogP contribution is -2.26. The SMILES string of the molecule is CC(C)c1nc(CCNC(=O)CCc2ccc(O)cc2)no1. The zero-order valence-electron chi connectivity index (χ0n) is 12.9.